The van der Waals surface area contributed by atoms with Crippen molar-refractivity contribution in [1.82, 2.24) is 4.98 Å². The van der Waals surface area contributed by atoms with Crippen LogP contribution >= 0.6 is 11.6 Å². The molecule has 1 amide bonds. The molecule has 0 radical (unpaired) electrons. The van der Waals surface area contributed by atoms with Gasteiger partial charge in [-0.25, -0.2) is 4.98 Å². The molecular formula is C15H15ClN2O2. The maximum Gasteiger partial charge on any atom is 0.256 e. The molecule has 0 saturated carbocycles. The van der Waals surface area contributed by atoms with Crippen molar-refractivity contribution >= 4 is 23.3 Å². The van der Waals surface area contributed by atoms with Crippen LogP contribution in [0.5, 0.6) is 5.75 Å². The Kier molecular flexibility index (Phi) is 4.58. The van der Waals surface area contributed by atoms with Crippen LogP contribution in [0.25, 0.3) is 0 Å². The van der Waals surface area contributed by atoms with Crippen molar-refractivity contribution in [3.8, 4) is 5.75 Å². The number of nitrogens with zero attached hydrogens (tertiary/aromatic N) is 1. The van der Waals surface area contributed by atoms with Gasteiger partial charge in [0, 0.05) is 16.8 Å². The van der Waals surface area contributed by atoms with Gasteiger partial charge in [0.25, 0.3) is 5.91 Å². The summed E-state index contributed by atoms with van der Waals surface area (Å²) in [5.74, 6) is 0.818. The number of anilines is 1. The van der Waals surface area contributed by atoms with Gasteiger partial charge in [-0.05, 0) is 44.2 Å². The molecule has 0 spiro atoms. The number of benzene rings is 1. The van der Waals surface area contributed by atoms with E-state index in [2.05, 4.69) is 10.3 Å². The molecule has 0 aliphatic rings. The van der Waals surface area contributed by atoms with Gasteiger partial charge in [-0.2, -0.15) is 0 Å². The first-order chi connectivity index (χ1) is 9.54. The van der Waals surface area contributed by atoms with E-state index >= 15 is 0 Å². The van der Waals surface area contributed by atoms with E-state index in [0.29, 0.717) is 22.2 Å². The second-order valence-electron chi connectivity index (χ2n) is 4.51. The van der Waals surface area contributed by atoms with Crippen molar-refractivity contribution in [2.24, 2.45) is 0 Å². The van der Waals surface area contributed by atoms with E-state index < -0.39 is 0 Å². The summed E-state index contributed by atoms with van der Waals surface area (Å²) in [6.45, 7) is 3.87. The normalized spacial score (nSPS) is 10.4. The minimum Gasteiger partial charge on any atom is -0.491 e. The first kappa shape index (κ1) is 14.3. The number of hydrogen-bond donors (Lipinski definition) is 1. The lowest BCUT2D eigenvalue weighted by Crippen LogP contribution is -2.13. The van der Waals surface area contributed by atoms with Crippen molar-refractivity contribution in [2.45, 2.75) is 20.0 Å². The van der Waals surface area contributed by atoms with Crippen LogP contribution in [0.2, 0.25) is 5.02 Å². The fourth-order valence-electron chi connectivity index (χ4n) is 1.64. The Morgan fingerprint density at radius 2 is 2.10 bits per heavy atom. The number of hydrogen-bond acceptors (Lipinski definition) is 3. The smallest absolute Gasteiger partial charge is 0.256 e. The molecule has 0 atom stereocenters. The molecule has 0 aliphatic carbocycles. The van der Waals surface area contributed by atoms with Crippen molar-refractivity contribution in [3.63, 3.8) is 0 Å². The standard InChI is InChI=1S/C15H15ClN2O2/c1-10(2)20-13-5-3-4-11(8-13)15(19)18-14-9-12(16)6-7-17-14/h3-10H,1-2H3,(H,17,18,19). The average Bonchev–Trinajstić information content (AvgIpc) is 2.38. The van der Waals surface area contributed by atoms with Gasteiger partial charge in [0.05, 0.1) is 6.10 Å². The molecule has 0 fully saturated rings. The zero-order valence-electron chi connectivity index (χ0n) is 11.3. The largest absolute Gasteiger partial charge is 0.491 e. The Morgan fingerprint density at radius 3 is 2.80 bits per heavy atom. The van der Waals surface area contributed by atoms with Crippen LogP contribution in [0.15, 0.2) is 42.6 Å². The molecule has 0 saturated heterocycles. The van der Waals surface area contributed by atoms with Gasteiger partial charge in [-0.15, -0.1) is 0 Å². The number of aromatic nitrogens is 1. The predicted octanol–water partition coefficient (Wildman–Crippen LogP) is 3.77. The molecule has 1 aromatic heterocycles. The molecule has 1 aromatic carbocycles. The Labute approximate surface area is 122 Å². The van der Waals surface area contributed by atoms with E-state index in [1.807, 2.05) is 19.9 Å². The lowest BCUT2D eigenvalue weighted by molar-refractivity contribution is 0.102. The first-order valence-electron chi connectivity index (χ1n) is 6.24. The van der Waals surface area contributed by atoms with Gasteiger partial charge in [0.1, 0.15) is 11.6 Å². The summed E-state index contributed by atoms with van der Waals surface area (Å²) in [5, 5.41) is 3.21. The highest BCUT2D eigenvalue weighted by atomic mass is 35.5. The van der Waals surface area contributed by atoms with Gasteiger partial charge >= 0.3 is 0 Å². The molecular weight excluding hydrogens is 276 g/mol. The number of pyridine rings is 1. The van der Waals surface area contributed by atoms with Gasteiger partial charge < -0.3 is 10.1 Å². The number of rotatable bonds is 4. The molecule has 0 unspecified atom stereocenters. The van der Waals surface area contributed by atoms with Crippen LogP contribution in [-0.4, -0.2) is 17.0 Å². The third-order valence-electron chi connectivity index (χ3n) is 2.43. The van der Waals surface area contributed by atoms with E-state index in [1.54, 1.807) is 30.3 Å². The number of halogens is 1. The number of amides is 1. The van der Waals surface area contributed by atoms with Gasteiger partial charge in [0.2, 0.25) is 0 Å². The molecule has 20 heavy (non-hydrogen) atoms. The SMILES string of the molecule is CC(C)Oc1cccc(C(=O)Nc2cc(Cl)ccn2)c1. The monoisotopic (exact) mass is 290 g/mol. The quantitative estimate of drug-likeness (QED) is 0.932. The summed E-state index contributed by atoms with van der Waals surface area (Å²) in [6, 6.07) is 10.2. The molecule has 1 heterocycles. The Balaban J connectivity index is 2.13. The summed E-state index contributed by atoms with van der Waals surface area (Å²) in [6.07, 6.45) is 1.60. The molecule has 0 aliphatic heterocycles. The molecule has 0 bridgehead atoms. The van der Waals surface area contributed by atoms with Crippen LogP contribution in [0.4, 0.5) is 5.82 Å². The van der Waals surface area contributed by atoms with E-state index in [1.165, 1.54) is 6.20 Å². The Bertz CT molecular complexity index is 614. The summed E-state index contributed by atoms with van der Waals surface area (Å²) in [5.41, 5.74) is 0.505. The zero-order valence-corrected chi connectivity index (χ0v) is 12.0. The number of carbonyl (C=O) groups excluding carboxylic acids is 1. The zero-order chi connectivity index (χ0) is 14.5. The Morgan fingerprint density at radius 1 is 1.30 bits per heavy atom. The second-order valence-corrected chi connectivity index (χ2v) is 4.94. The van der Waals surface area contributed by atoms with E-state index in [-0.39, 0.29) is 12.0 Å². The number of carbonyl (C=O) groups is 1. The predicted molar refractivity (Wildman–Crippen MR) is 79.4 cm³/mol. The third-order valence-corrected chi connectivity index (χ3v) is 2.67. The van der Waals surface area contributed by atoms with Crippen molar-refractivity contribution in [3.05, 3.63) is 53.2 Å². The first-order valence-corrected chi connectivity index (χ1v) is 6.62. The molecule has 1 N–H and O–H groups in total. The molecule has 5 heteroatoms. The third kappa shape index (κ3) is 3.96. The summed E-state index contributed by atoms with van der Waals surface area (Å²) in [7, 11) is 0. The Hall–Kier alpha value is -2.07. The summed E-state index contributed by atoms with van der Waals surface area (Å²) < 4.78 is 5.56. The average molecular weight is 291 g/mol. The summed E-state index contributed by atoms with van der Waals surface area (Å²) >= 11 is 5.85. The minimum atomic E-state index is -0.256. The van der Waals surface area contributed by atoms with Gasteiger partial charge in [0.15, 0.2) is 0 Å². The van der Waals surface area contributed by atoms with Gasteiger partial charge in [-0.1, -0.05) is 17.7 Å². The number of nitrogens with one attached hydrogen (secondary N) is 1. The van der Waals surface area contributed by atoms with Crippen LogP contribution in [0.1, 0.15) is 24.2 Å². The molecule has 2 aromatic rings. The van der Waals surface area contributed by atoms with Crippen molar-refractivity contribution < 1.29 is 9.53 Å². The number of ether oxygens (including phenoxy) is 1. The maximum atomic E-state index is 12.1. The van der Waals surface area contributed by atoms with Crippen LogP contribution in [0.3, 0.4) is 0 Å². The highest BCUT2D eigenvalue weighted by Crippen LogP contribution is 2.17. The second kappa shape index (κ2) is 6.39. The highest BCUT2D eigenvalue weighted by Gasteiger charge is 2.08. The van der Waals surface area contributed by atoms with E-state index in [0.717, 1.165) is 0 Å². The topological polar surface area (TPSA) is 51.2 Å². The van der Waals surface area contributed by atoms with Gasteiger partial charge in [-0.3, -0.25) is 4.79 Å². The van der Waals surface area contributed by atoms with Crippen molar-refractivity contribution in [2.75, 3.05) is 5.32 Å². The lowest BCUT2D eigenvalue weighted by atomic mass is 10.2. The van der Waals surface area contributed by atoms with Crippen LogP contribution in [0, 0.1) is 0 Å². The van der Waals surface area contributed by atoms with E-state index in [9.17, 15) is 4.79 Å². The van der Waals surface area contributed by atoms with Crippen molar-refractivity contribution in [1.29, 1.82) is 0 Å². The molecule has 4 nitrogen and oxygen atoms in total. The molecule has 104 valence electrons. The fraction of sp³-hybridized carbons (Fsp3) is 0.200. The highest BCUT2D eigenvalue weighted by molar-refractivity contribution is 6.30. The minimum absolute atomic E-state index is 0.0582. The fourth-order valence-corrected chi connectivity index (χ4v) is 1.80. The summed E-state index contributed by atoms with van der Waals surface area (Å²) in [4.78, 5) is 16.1. The van der Waals surface area contributed by atoms with Crippen LogP contribution in [-0.2, 0) is 0 Å². The van der Waals surface area contributed by atoms with Crippen LogP contribution < -0.4 is 10.1 Å². The van der Waals surface area contributed by atoms with E-state index in [4.69, 9.17) is 16.3 Å². The lowest BCUT2D eigenvalue weighted by Gasteiger charge is -2.11. The maximum absolute atomic E-state index is 12.1. The molecule has 2 rings (SSSR count).